The maximum Gasteiger partial charge on any atom is 3.00 e. The Hall–Kier alpha value is -0.268. The Labute approximate surface area is 38.6 Å². The second kappa shape index (κ2) is 3.73. The molecule has 0 aliphatic heterocycles. The molecule has 0 aliphatic rings. The van der Waals surface area contributed by atoms with E-state index in [0.29, 0.717) is 0 Å². The Balaban J connectivity index is 0. The van der Waals surface area contributed by atoms with Crippen molar-refractivity contribution in [2.24, 2.45) is 0 Å². The Morgan fingerprint density at radius 2 is 1.40 bits per heavy atom. The predicted octanol–water partition coefficient (Wildman–Crippen LogP) is -0.242. The van der Waals surface area contributed by atoms with Gasteiger partial charge >= 0.3 is 17.4 Å². The van der Waals surface area contributed by atoms with Crippen molar-refractivity contribution in [3.8, 4) is 0 Å². The average molecular weight is 114 g/mol. The van der Waals surface area contributed by atoms with Crippen LogP contribution >= 0.6 is 0 Å². The summed E-state index contributed by atoms with van der Waals surface area (Å²) in [6.45, 7) is 0. The monoisotopic (exact) mass is 114 g/mol. The van der Waals surface area contributed by atoms with Gasteiger partial charge in [-0.15, -0.1) is 0 Å². The molecule has 0 saturated carbocycles. The molecule has 0 aromatic heterocycles. The number of rotatable bonds is 0. The summed E-state index contributed by atoms with van der Waals surface area (Å²) in [6.07, 6.45) is 0. The van der Waals surface area contributed by atoms with Crippen molar-refractivity contribution in [1.82, 2.24) is 0 Å². The molecule has 0 bridgehead atoms. The van der Waals surface area contributed by atoms with Gasteiger partial charge in [0, 0.05) is 0 Å². The molecule has 0 aromatic carbocycles. The maximum absolute atomic E-state index is 8.25. The van der Waals surface area contributed by atoms with Crippen LogP contribution in [0.2, 0.25) is 0 Å². The minimum Gasteiger partial charge on any atom is -0.356 e. The maximum atomic E-state index is 8.25. The van der Waals surface area contributed by atoms with E-state index in [0.717, 1.165) is 0 Å². The molecule has 27 valence electrons. The summed E-state index contributed by atoms with van der Waals surface area (Å²) in [6, 6.07) is 0. The second-order valence-electron chi connectivity index (χ2n) is 0.224. The standard InChI is InChI=1S/Cr.NO3/c;2-1(3)4/q+3;-1. The van der Waals surface area contributed by atoms with E-state index in [-0.39, 0.29) is 17.4 Å². The van der Waals surface area contributed by atoms with E-state index in [1.807, 2.05) is 0 Å². The van der Waals surface area contributed by atoms with Crippen molar-refractivity contribution in [3.05, 3.63) is 15.3 Å². The molecule has 0 unspecified atom stereocenters. The van der Waals surface area contributed by atoms with Crippen molar-refractivity contribution < 1.29 is 22.4 Å². The molecule has 0 aliphatic carbocycles. The molecule has 5 heavy (non-hydrogen) atoms. The molecule has 4 nitrogen and oxygen atoms in total. The molecule has 0 rings (SSSR count). The molecule has 1 radical (unpaired) electrons. The van der Waals surface area contributed by atoms with Crippen LogP contribution in [-0.4, -0.2) is 5.09 Å². The van der Waals surface area contributed by atoms with Gasteiger partial charge < -0.3 is 15.3 Å². The third kappa shape index (κ3) is 157. The molecule has 0 atom stereocenters. The van der Waals surface area contributed by atoms with Gasteiger partial charge in [0.15, 0.2) is 0 Å². The van der Waals surface area contributed by atoms with E-state index in [1.54, 1.807) is 0 Å². The van der Waals surface area contributed by atoms with Gasteiger partial charge in [0.25, 0.3) is 0 Å². The Morgan fingerprint density at radius 3 is 1.40 bits per heavy atom. The Bertz CT molecular complexity index is 29.9. The summed E-state index contributed by atoms with van der Waals surface area (Å²) in [4.78, 5) is 8.25. The van der Waals surface area contributed by atoms with E-state index in [4.69, 9.17) is 15.3 Å². The zero-order valence-corrected chi connectivity index (χ0v) is 3.36. The average Bonchev–Trinajstić information content (AvgIpc) is 0.811. The van der Waals surface area contributed by atoms with Crippen LogP contribution in [0, 0.1) is 15.3 Å². The molecule has 0 spiro atoms. The summed E-state index contributed by atoms with van der Waals surface area (Å²) in [5, 5.41) is 14.8. The quantitative estimate of drug-likeness (QED) is 0.322. The molecule has 0 N–H and O–H groups in total. The first kappa shape index (κ1) is 8.83. The molecule has 0 aromatic rings. The summed E-state index contributed by atoms with van der Waals surface area (Å²) < 4.78 is 0. The molecule has 0 amide bonds. The van der Waals surface area contributed by atoms with Crippen LogP contribution in [0.4, 0.5) is 0 Å². The van der Waals surface area contributed by atoms with Crippen LogP contribution < -0.4 is 0 Å². The fourth-order valence-electron chi connectivity index (χ4n) is 0. The molecular formula is CrNO3+2. The molecule has 0 heterocycles. The van der Waals surface area contributed by atoms with Gasteiger partial charge in [-0.3, -0.25) is 0 Å². The molecule has 5 heteroatoms. The third-order valence-corrected chi connectivity index (χ3v) is 0. The van der Waals surface area contributed by atoms with E-state index >= 15 is 0 Å². The van der Waals surface area contributed by atoms with Crippen LogP contribution in [0.15, 0.2) is 0 Å². The first-order valence-electron chi connectivity index (χ1n) is 0.548. The van der Waals surface area contributed by atoms with Crippen LogP contribution in [0.3, 0.4) is 0 Å². The summed E-state index contributed by atoms with van der Waals surface area (Å²) in [5.74, 6) is 0. The van der Waals surface area contributed by atoms with Gasteiger partial charge in [0.05, 0.1) is 5.09 Å². The summed E-state index contributed by atoms with van der Waals surface area (Å²) >= 11 is 0. The molecular weight excluding hydrogens is 114 g/mol. The van der Waals surface area contributed by atoms with Crippen LogP contribution in [-0.2, 0) is 17.4 Å². The van der Waals surface area contributed by atoms with Crippen molar-refractivity contribution in [2.75, 3.05) is 0 Å². The largest absolute Gasteiger partial charge is 3.00 e. The van der Waals surface area contributed by atoms with Crippen molar-refractivity contribution in [2.45, 2.75) is 0 Å². The fourth-order valence-corrected chi connectivity index (χ4v) is 0. The SMILES string of the molecule is O=[N+]([O-])[O-].[Cr+3]. The zero-order chi connectivity index (χ0) is 3.58. The van der Waals surface area contributed by atoms with Gasteiger partial charge in [-0.2, -0.15) is 0 Å². The fraction of sp³-hybridized carbons (Fsp3) is 0. The van der Waals surface area contributed by atoms with Gasteiger partial charge in [-0.25, -0.2) is 0 Å². The van der Waals surface area contributed by atoms with Gasteiger partial charge in [-0.1, -0.05) is 0 Å². The minimum absolute atomic E-state index is 0. The Kier molecular flexibility index (Phi) is 6.59. The van der Waals surface area contributed by atoms with E-state index in [2.05, 4.69) is 0 Å². The van der Waals surface area contributed by atoms with Gasteiger partial charge in [0.1, 0.15) is 0 Å². The van der Waals surface area contributed by atoms with Crippen molar-refractivity contribution >= 4 is 0 Å². The predicted molar refractivity (Wildman–Crippen MR) is 10.4 cm³/mol. The van der Waals surface area contributed by atoms with E-state index < -0.39 is 5.09 Å². The number of nitrogens with zero attached hydrogens (tertiary/aromatic N) is 1. The number of hydrogen-bond donors (Lipinski definition) is 0. The van der Waals surface area contributed by atoms with Crippen molar-refractivity contribution in [3.63, 3.8) is 0 Å². The minimum atomic E-state index is -1.75. The zero-order valence-electron chi connectivity index (χ0n) is 2.08. The van der Waals surface area contributed by atoms with Crippen LogP contribution in [0.5, 0.6) is 0 Å². The summed E-state index contributed by atoms with van der Waals surface area (Å²) in [7, 11) is 0. The Morgan fingerprint density at radius 1 is 1.40 bits per heavy atom. The van der Waals surface area contributed by atoms with E-state index in [1.165, 1.54) is 0 Å². The van der Waals surface area contributed by atoms with Crippen LogP contribution in [0.25, 0.3) is 0 Å². The molecule has 0 saturated heterocycles. The first-order chi connectivity index (χ1) is 1.73. The second-order valence-corrected chi connectivity index (χ2v) is 0.224. The van der Waals surface area contributed by atoms with Gasteiger partial charge in [0.2, 0.25) is 0 Å². The smallest absolute Gasteiger partial charge is 0.356 e. The number of hydrogen-bond acceptors (Lipinski definition) is 3. The topological polar surface area (TPSA) is 66.2 Å². The van der Waals surface area contributed by atoms with E-state index in [9.17, 15) is 0 Å². The summed E-state index contributed by atoms with van der Waals surface area (Å²) in [5.41, 5.74) is 0. The first-order valence-corrected chi connectivity index (χ1v) is 0.548. The normalized spacial score (nSPS) is 4.80. The van der Waals surface area contributed by atoms with Crippen molar-refractivity contribution in [1.29, 1.82) is 0 Å². The molecule has 0 fully saturated rings. The van der Waals surface area contributed by atoms with Crippen LogP contribution in [0.1, 0.15) is 0 Å². The van der Waals surface area contributed by atoms with Gasteiger partial charge in [-0.05, 0) is 0 Å². The third-order valence-electron chi connectivity index (χ3n) is 0.